The van der Waals surface area contributed by atoms with Gasteiger partial charge in [-0.3, -0.25) is 4.79 Å². The van der Waals surface area contributed by atoms with E-state index in [1.807, 2.05) is 36.1 Å². The van der Waals surface area contributed by atoms with Crippen LogP contribution in [0.5, 0.6) is 5.75 Å². The van der Waals surface area contributed by atoms with Crippen LogP contribution in [0.2, 0.25) is 0 Å². The third-order valence-corrected chi connectivity index (χ3v) is 4.52. The zero-order valence-electron chi connectivity index (χ0n) is 14.6. The monoisotopic (exact) mass is 353 g/mol. The van der Waals surface area contributed by atoms with E-state index in [0.29, 0.717) is 22.9 Å². The maximum atomic E-state index is 12.9. The number of carbonyl (C=O) groups excluding carboxylic acids is 1. The molecule has 134 valence electrons. The summed E-state index contributed by atoms with van der Waals surface area (Å²) in [6.07, 6.45) is 1.67. The number of hydrogen-bond donors (Lipinski definition) is 1. The van der Waals surface area contributed by atoms with Gasteiger partial charge in [0.05, 0.1) is 12.8 Å². The molecule has 9 heteroatoms. The lowest BCUT2D eigenvalue weighted by Crippen LogP contribution is -2.40. The van der Waals surface area contributed by atoms with Gasteiger partial charge in [0.15, 0.2) is 11.5 Å². The normalized spacial score (nSPS) is 16.8. The molecule has 0 aliphatic carbocycles. The lowest BCUT2D eigenvalue weighted by molar-refractivity contribution is -0.117. The number of benzene rings is 1. The minimum Gasteiger partial charge on any atom is -0.495 e. The number of carbonyl (C=O) groups is 1. The molecule has 1 atom stereocenters. The molecule has 1 amide bonds. The van der Waals surface area contributed by atoms with E-state index in [4.69, 9.17) is 4.74 Å². The zero-order valence-corrected chi connectivity index (χ0v) is 14.6. The summed E-state index contributed by atoms with van der Waals surface area (Å²) in [6, 6.07) is 9.03. The summed E-state index contributed by atoms with van der Waals surface area (Å²) in [5.41, 5.74) is 2.29. The lowest BCUT2D eigenvalue weighted by Gasteiger charge is -2.25. The zero-order chi connectivity index (χ0) is 18.1. The lowest BCUT2D eigenvalue weighted by atomic mass is 10.1. The smallest absolute Gasteiger partial charge is 0.247 e. The second kappa shape index (κ2) is 6.58. The molecule has 1 aromatic carbocycles. The summed E-state index contributed by atoms with van der Waals surface area (Å²) >= 11 is 0. The summed E-state index contributed by atoms with van der Waals surface area (Å²) in [4.78, 5) is 14.9. The number of aromatic nitrogens is 5. The van der Waals surface area contributed by atoms with Crippen molar-refractivity contribution in [1.82, 2.24) is 25.3 Å². The minimum absolute atomic E-state index is 0.0787. The Morgan fingerprint density at radius 2 is 2.19 bits per heavy atom. The van der Waals surface area contributed by atoms with Gasteiger partial charge in [0, 0.05) is 6.54 Å². The van der Waals surface area contributed by atoms with Crippen molar-refractivity contribution in [1.29, 1.82) is 0 Å². The molecule has 1 unspecified atom stereocenters. The van der Waals surface area contributed by atoms with Gasteiger partial charge in [-0.2, -0.15) is 0 Å². The van der Waals surface area contributed by atoms with Crippen molar-refractivity contribution >= 4 is 23.1 Å². The van der Waals surface area contributed by atoms with Crippen molar-refractivity contribution in [2.45, 2.75) is 25.8 Å². The van der Waals surface area contributed by atoms with E-state index < -0.39 is 0 Å². The fraction of sp³-hybridized carbons (Fsp3) is 0.353. The highest BCUT2D eigenvalue weighted by atomic mass is 16.5. The van der Waals surface area contributed by atoms with Crippen LogP contribution in [0.15, 0.2) is 30.3 Å². The number of anilines is 2. The van der Waals surface area contributed by atoms with Gasteiger partial charge in [-0.15, -0.1) is 14.8 Å². The van der Waals surface area contributed by atoms with E-state index in [1.165, 1.54) is 4.63 Å². The van der Waals surface area contributed by atoms with Crippen LogP contribution < -0.4 is 15.0 Å². The van der Waals surface area contributed by atoms with Crippen molar-refractivity contribution in [2.75, 3.05) is 23.9 Å². The molecular formula is C17H19N7O2. The molecule has 9 nitrogen and oxygen atoms in total. The van der Waals surface area contributed by atoms with Crippen molar-refractivity contribution in [3.8, 4) is 5.75 Å². The maximum Gasteiger partial charge on any atom is 0.247 e. The predicted octanol–water partition coefficient (Wildman–Crippen LogP) is 1.44. The fourth-order valence-electron chi connectivity index (χ4n) is 3.24. The van der Waals surface area contributed by atoms with Crippen molar-refractivity contribution in [3.63, 3.8) is 0 Å². The number of tetrazole rings is 1. The molecule has 1 aliphatic heterocycles. The number of nitrogens with one attached hydrogen (secondary N) is 1. The Bertz CT molecular complexity index is 955. The van der Waals surface area contributed by atoms with Crippen molar-refractivity contribution in [3.05, 3.63) is 35.9 Å². The van der Waals surface area contributed by atoms with E-state index in [9.17, 15) is 4.79 Å². The molecule has 1 saturated heterocycles. The summed E-state index contributed by atoms with van der Waals surface area (Å²) in [7, 11) is 1.59. The number of hydrogen-bond acceptors (Lipinski definition) is 7. The Morgan fingerprint density at radius 3 is 3.04 bits per heavy atom. The van der Waals surface area contributed by atoms with Crippen LogP contribution in [0.25, 0.3) is 5.65 Å². The van der Waals surface area contributed by atoms with E-state index >= 15 is 0 Å². The van der Waals surface area contributed by atoms with Gasteiger partial charge in [-0.05, 0) is 60.0 Å². The quantitative estimate of drug-likeness (QED) is 0.758. The molecule has 4 rings (SSSR count). The first-order chi connectivity index (χ1) is 12.7. The fourth-order valence-corrected chi connectivity index (χ4v) is 3.24. The van der Waals surface area contributed by atoms with Crippen LogP contribution in [0.3, 0.4) is 0 Å². The van der Waals surface area contributed by atoms with Gasteiger partial charge in [-0.25, -0.2) is 0 Å². The summed E-state index contributed by atoms with van der Waals surface area (Å²) in [5.74, 6) is 1.24. The highest BCUT2D eigenvalue weighted by Crippen LogP contribution is 2.28. The van der Waals surface area contributed by atoms with Crippen LogP contribution in [-0.4, -0.2) is 50.9 Å². The Labute approximate surface area is 149 Å². The summed E-state index contributed by atoms with van der Waals surface area (Å²) < 4.78 is 6.72. The number of rotatable bonds is 4. The number of amides is 1. The average Bonchev–Trinajstić information content (AvgIpc) is 3.30. The van der Waals surface area contributed by atoms with Crippen LogP contribution in [0, 0.1) is 6.92 Å². The Balaban J connectivity index is 1.58. The molecule has 1 fully saturated rings. The molecule has 26 heavy (non-hydrogen) atoms. The van der Waals surface area contributed by atoms with Crippen LogP contribution in [0.4, 0.5) is 11.5 Å². The average molecular weight is 353 g/mol. The van der Waals surface area contributed by atoms with Gasteiger partial charge in [0.2, 0.25) is 5.91 Å². The second-order valence-electron chi connectivity index (χ2n) is 6.26. The number of methoxy groups -OCH3 is 1. The molecule has 1 aliphatic rings. The van der Waals surface area contributed by atoms with Gasteiger partial charge in [-0.1, -0.05) is 6.07 Å². The number of fused-ring (bicyclic) bond motifs is 1. The highest BCUT2D eigenvalue weighted by Gasteiger charge is 2.32. The van der Waals surface area contributed by atoms with E-state index in [1.54, 1.807) is 13.2 Å². The third-order valence-electron chi connectivity index (χ3n) is 4.52. The van der Waals surface area contributed by atoms with Gasteiger partial charge in [0.25, 0.3) is 0 Å². The Hall–Kier alpha value is -3.23. The Morgan fingerprint density at radius 1 is 1.31 bits per heavy atom. The maximum absolute atomic E-state index is 12.9. The van der Waals surface area contributed by atoms with E-state index in [-0.39, 0.29) is 11.9 Å². The minimum atomic E-state index is -0.304. The van der Waals surface area contributed by atoms with Crippen LogP contribution >= 0.6 is 0 Å². The molecular weight excluding hydrogens is 334 g/mol. The van der Waals surface area contributed by atoms with Crippen molar-refractivity contribution in [2.24, 2.45) is 0 Å². The third kappa shape index (κ3) is 2.92. The summed E-state index contributed by atoms with van der Waals surface area (Å²) in [5, 5.41) is 18.7. The first kappa shape index (κ1) is 16.2. The van der Waals surface area contributed by atoms with Gasteiger partial charge in [0.1, 0.15) is 11.8 Å². The molecule has 3 aromatic rings. The van der Waals surface area contributed by atoms with E-state index in [2.05, 4.69) is 25.9 Å². The molecule has 0 bridgehead atoms. The molecule has 0 spiro atoms. The Kier molecular flexibility index (Phi) is 4.11. The highest BCUT2D eigenvalue weighted by molar-refractivity contribution is 5.98. The first-order valence-electron chi connectivity index (χ1n) is 8.43. The molecule has 2 aromatic heterocycles. The summed E-state index contributed by atoms with van der Waals surface area (Å²) in [6.45, 7) is 2.73. The SMILES string of the molecule is COc1ccc(C)cc1NC(=O)C1CCCN1c1ccc2nnnn2n1. The van der Waals surface area contributed by atoms with E-state index in [0.717, 1.165) is 24.9 Å². The van der Waals surface area contributed by atoms with Crippen molar-refractivity contribution < 1.29 is 9.53 Å². The van der Waals surface area contributed by atoms with Gasteiger partial charge < -0.3 is 15.0 Å². The second-order valence-corrected chi connectivity index (χ2v) is 6.26. The number of aryl methyl sites for hydroxylation is 1. The molecule has 0 saturated carbocycles. The number of nitrogens with zero attached hydrogens (tertiary/aromatic N) is 6. The molecule has 1 N–H and O–H groups in total. The standard InChI is InChI=1S/C17H19N7O2/c1-11-5-6-14(26-2)12(10-11)18-17(25)13-4-3-9-23(13)16-8-7-15-19-21-22-24(15)20-16/h5-8,10,13H,3-4,9H2,1-2H3,(H,18,25). The first-order valence-corrected chi connectivity index (χ1v) is 8.43. The largest absolute Gasteiger partial charge is 0.495 e. The van der Waals surface area contributed by atoms with Gasteiger partial charge >= 0.3 is 0 Å². The number of ether oxygens (including phenoxy) is 1. The predicted molar refractivity (Wildman–Crippen MR) is 95.3 cm³/mol. The topological polar surface area (TPSA) is 97.5 Å². The van der Waals surface area contributed by atoms with Crippen LogP contribution in [0.1, 0.15) is 18.4 Å². The molecule has 3 heterocycles. The molecule has 0 radical (unpaired) electrons. The van der Waals surface area contributed by atoms with Crippen LogP contribution in [-0.2, 0) is 4.79 Å².